The molecular formula is C13H16N2O2. The number of rotatable bonds is 2. The van der Waals surface area contributed by atoms with Gasteiger partial charge < -0.3 is 15.4 Å². The summed E-state index contributed by atoms with van der Waals surface area (Å²) in [6.45, 7) is 3.55. The number of fused-ring (bicyclic) bond motifs is 1. The van der Waals surface area contributed by atoms with Gasteiger partial charge in [-0.1, -0.05) is 6.07 Å². The van der Waals surface area contributed by atoms with Gasteiger partial charge in [-0.2, -0.15) is 0 Å². The molecule has 1 amide bonds. The van der Waals surface area contributed by atoms with Crippen molar-refractivity contribution in [2.45, 2.75) is 13.2 Å². The number of benzene rings is 1. The first-order valence-electron chi connectivity index (χ1n) is 5.97. The lowest BCUT2D eigenvalue weighted by molar-refractivity contribution is 0.0515. The highest BCUT2D eigenvalue weighted by molar-refractivity contribution is 5.95. The summed E-state index contributed by atoms with van der Waals surface area (Å²) in [6, 6.07) is 5.85. The zero-order valence-electron chi connectivity index (χ0n) is 9.69. The van der Waals surface area contributed by atoms with E-state index in [2.05, 4.69) is 0 Å². The molecule has 4 heteroatoms. The van der Waals surface area contributed by atoms with Crippen molar-refractivity contribution in [2.24, 2.45) is 11.7 Å². The van der Waals surface area contributed by atoms with Gasteiger partial charge in [-0.3, -0.25) is 4.79 Å². The molecule has 2 N–H and O–H groups in total. The Morgan fingerprint density at radius 2 is 2.12 bits per heavy atom. The minimum atomic E-state index is 0.115. The van der Waals surface area contributed by atoms with E-state index in [0.29, 0.717) is 25.7 Å². The lowest BCUT2D eigenvalue weighted by Gasteiger charge is -2.38. The van der Waals surface area contributed by atoms with Crippen molar-refractivity contribution in [3.63, 3.8) is 0 Å². The predicted octanol–water partition coefficient (Wildman–Crippen LogP) is 0.747. The van der Waals surface area contributed by atoms with E-state index in [0.717, 1.165) is 24.2 Å². The first kappa shape index (κ1) is 10.7. The van der Waals surface area contributed by atoms with Crippen LogP contribution in [0.4, 0.5) is 0 Å². The topological polar surface area (TPSA) is 55.6 Å². The van der Waals surface area contributed by atoms with E-state index in [4.69, 9.17) is 10.5 Å². The second kappa shape index (κ2) is 4.13. The molecule has 1 aromatic rings. The molecule has 2 aliphatic rings. The molecule has 0 atom stereocenters. The molecule has 2 aliphatic heterocycles. The molecule has 90 valence electrons. The smallest absolute Gasteiger partial charge is 0.253 e. The second-order valence-corrected chi connectivity index (χ2v) is 4.79. The molecule has 1 saturated heterocycles. The Bertz CT molecular complexity index is 453. The normalized spacial score (nSPS) is 19.0. The van der Waals surface area contributed by atoms with Crippen molar-refractivity contribution in [1.29, 1.82) is 0 Å². The number of hydrogen-bond donors (Lipinski definition) is 1. The van der Waals surface area contributed by atoms with Crippen LogP contribution in [0.3, 0.4) is 0 Å². The molecule has 2 heterocycles. The van der Waals surface area contributed by atoms with Crippen LogP contribution in [0.15, 0.2) is 18.2 Å². The number of nitrogens with two attached hydrogens (primary N) is 1. The Balaban J connectivity index is 1.74. The minimum Gasteiger partial charge on any atom is -0.372 e. The van der Waals surface area contributed by atoms with Crippen molar-refractivity contribution in [3.8, 4) is 0 Å². The highest BCUT2D eigenvalue weighted by Gasteiger charge is 2.30. The molecule has 0 radical (unpaired) electrons. The van der Waals surface area contributed by atoms with Crippen LogP contribution in [0.1, 0.15) is 21.5 Å². The lowest BCUT2D eigenvalue weighted by Crippen LogP contribution is -2.52. The number of likely N-dealkylation sites (tertiary alicyclic amines) is 1. The van der Waals surface area contributed by atoms with Crippen molar-refractivity contribution in [1.82, 2.24) is 4.90 Å². The minimum absolute atomic E-state index is 0.115. The maximum absolute atomic E-state index is 12.1. The Morgan fingerprint density at radius 3 is 2.88 bits per heavy atom. The van der Waals surface area contributed by atoms with Crippen LogP contribution in [0.5, 0.6) is 0 Å². The number of ether oxygens (including phenoxy) is 1. The van der Waals surface area contributed by atoms with E-state index in [1.165, 1.54) is 5.56 Å². The Morgan fingerprint density at radius 1 is 1.35 bits per heavy atom. The van der Waals surface area contributed by atoms with Gasteiger partial charge in [-0.25, -0.2) is 0 Å². The van der Waals surface area contributed by atoms with Crippen LogP contribution in [0.25, 0.3) is 0 Å². The number of nitrogens with zero attached hydrogens (tertiary/aromatic N) is 1. The molecule has 1 fully saturated rings. The highest BCUT2D eigenvalue weighted by atomic mass is 16.5. The van der Waals surface area contributed by atoms with Crippen molar-refractivity contribution < 1.29 is 9.53 Å². The summed E-state index contributed by atoms with van der Waals surface area (Å²) < 4.78 is 5.34. The van der Waals surface area contributed by atoms with E-state index in [-0.39, 0.29) is 5.91 Å². The van der Waals surface area contributed by atoms with E-state index < -0.39 is 0 Å². The van der Waals surface area contributed by atoms with E-state index in [1.54, 1.807) is 0 Å². The molecular weight excluding hydrogens is 216 g/mol. The first-order chi connectivity index (χ1) is 8.28. The van der Waals surface area contributed by atoms with Gasteiger partial charge in [-0.15, -0.1) is 0 Å². The van der Waals surface area contributed by atoms with Crippen LogP contribution < -0.4 is 5.73 Å². The Labute approximate surface area is 100 Å². The van der Waals surface area contributed by atoms with Gasteiger partial charge in [0.15, 0.2) is 0 Å². The summed E-state index contributed by atoms with van der Waals surface area (Å²) in [5, 5.41) is 0. The van der Waals surface area contributed by atoms with Crippen LogP contribution in [-0.2, 0) is 18.0 Å². The molecule has 0 unspecified atom stereocenters. The third-order valence-electron chi connectivity index (χ3n) is 3.55. The van der Waals surface area contributed by atoms with Crippen LogP contribution in [0, 0.1) is 5.92 Å². The molecule has 0 aliphatic carbocycles. The molecule has 0 spiro atoms. The Kier molecular flexibility index (Phi) is 2.61. The van der Waals surface area contributed by atoms with Crippen LogP contribution in [0.2, 0.25) is 0 Å². The number of amides is 1. The third kappa shape index (κ3) is 1.83. The molecule has 0 saturated carbocycles. The Hall–Kier alpha value is -1.39. The second-order valence-electron chi connectivity index (χ2n) is 4.79. The highest BCUT2D eigenvalue weighted by Crippen LogP contribution is 2.23. The zero-order chi connectivity index (χ0) is 11.8. The van der Waals surface area contributed by atoms with Gasteiger partial charge >= 0.3 is 0 Å². The van der Waals surface area contributed by atoms with Crippen molar-refractivity contribution in [3.05, 3.63) is 34.9 Å². The average Bonchev–Trinajstić information content (AvgIpc) is 2.74. The number of carbonyl (C=O) groups is 1. The van der Waals surface area contributed by atoms with Crippen LogP contribution in [-0.4, -0.2) is 30.4 Å². The monoisotopic (exact) mass is 232 g/mol. The SMILES string of the molecule is NCC1CN(C(=O)c2ccc3c(c2)COC3)C1. The largest absolute Gasteiger partial charge is 0.372 e. The molecule has 3 rings (SSSR count). The summed E-state index contributed by atoms with van der Waals surface area (Å²) in [5.74, 6) is 0.598. The summed E-state index contributed by atoms with van der Waals surface area (Å²) in [6.07, 6.45) is 0. The summed E-state index contributed by atoms with van der Waals surface area (Å²) in [5.41, 5.74) is 8.67. The summed E-state index contributed by atoms with van der Waals surface area (Å²) in [7, 11) is 0. The predicted molar refractivity (Wildman–Crippen MR) is 63.4 cm³/mol. The zero-order valence-corrected chi connectivity index (χ0v) is 9.69. The summed E-state index contributed by atoms with van der Waals surface area (Å²) >= 11 is 0. The van der Waals surface area contributed by atoms with Gasteiger partial charge in [0.2, 0.25) is 0 Å². The van der Waals surface area contributed by atoms with E-state index >= 15 is 0 Å². The molecule has 4 nitrogen and oxygen atoms in total. The summed E-state index contributed by atoms with van der Waals surface area (Å²) in [4.78, 5) is 14.0. The lowest BCUT2D eigenvalue weighted by atomic mass is 9.98. The van der Waals surface area contributed by atoms with Gasteiger partial charge in [-0.05, 0) is 29.8 Å². The third-order valence-corrected chi connectivity index (χ3v) is 3.55. The van der Waals surface area contributed by atoms with Gasteiger partial charge in [0.25, 0.3) is 5.91 Å². The molecule has 17 heavy (non-hydrogen) atoms. The van der Waals surface area contributed by atoms with Crippen LogP contribution >= 0.6 is 0 Å². The maximum Gasteiger partial charge on any atom is 0.253 e. The first-order valence-corrected chi connectivity index (χ1v) is 5.97. The van der Waals surface area contributed by atoms with E-state index in [9.17, 15) is 4.79 Å². The fraction of sp³-hybridized carbons (Fsp3) is 0.462. The maximum atomic E-state index is 12.1. The fourth-order valence-electron chi connectivity index (χ4n) is 2.37. The van der Waals surface area contributed by atoms with Crippen molar-refractivity contribution in [2.75, 3.05) is 19.6 Å². The number of hydrogen-bond acceptors (Lipinski definition) is 3. The molecule has 0 bridgehead atoms. The van der Waals surface area contributed by atoms with Crippen molar-refractivity contribution >= 4 is 5.91 Å². The van der Waals surface area contributed by atoms with Gasteiger partial charge in [0.05, 0.1) is 13.2 Å². The number of carbonyl (C=O) groups excluding carboxylic acids is 1. The van der Waals surface area contributed by atoms with Gasteiger partial charge in [0.1, 0.15) is 0 Å². The molecule has 0 aromatic heterocycles. The molecule has 1 aromatic carbocycles. The van der Waals surface area contributed by atoms with E-state index in [1.807, 2.05) is 23.1 Å². The van der Waals surface area contributed by atoms with Gasteiger partial charge in [0, 0.05) is 24.6 Å². The average molecular weight is 232 g/mol. The standard InChI is InChI=1S/C13H16N2O2/c14-4-9-5-15(6-9)13(16)10-1-2-11-7-17-8-12(11)3-10/h1-3,9H,4-8,14H2. The quantitative estimate of drug-likeness (QED) is 0.818. The fourth-order valence-corrected chi connectivity index (χ4v) is 2.37.